The van der Waals surface area contributed by atoms with Gasteiger partial charge >= 0.3 is 0 Å². The molecule has 1 aromatic carbocycles. The van der Waals surface area contributed by atoms with Crippen molar-refractivity contribution in [2.75, 3.05) is 25.0 Å². The highest BCUT2D eigenvalue weighted by molar-refractivity contribution is 5.96. The predicted molar refractivity (Wildman–Crippen MR) is 78.6 cm³/mol. The molecule has 1 aliphatic heterocycles. The molecule has 5 heteroatoms. The van der Waals surface area contributed by atoms with Gasteiger partial charge in [-0.25, -0.2) is 0 Å². The van der Waals surface area contributed by atoms with E-state index in [1.807, 2.05) is 17.9 Å². The third kappa shape index (κ3) is 3.36. The van der Waals surface area contributed by atoms with Crippen LogP contribution in [-0.4, -0.2) is 36.3 Å². The second-order valence-electron chi connectivity index (χ2n) is 5.12. The maximum Gasteiger partial charge on any atom is 0.253 e. The summed E-state index contributed by atoms with van der Waals surface area (Å²) in [5.41, 5.74) is 7.65. The van der Waals surface area contributed by atoms with Gasteiger partial charge in [-0.15, -0.1) is 0 Å². The number of benzene rings is 1. The van der Waals surface area contributed by atoms with Gasteiger partial charge in [-0.05, 0) is 43.5 Å². The van der Waals surface area contributed by atoms with E-state index in [4.69, 9.17) is 5.73 Å². The third-order valence-corrected chi connectivity index (χ3v) is 3.51. The van der Waals surface area contributed by atoms with Gasteiger partial charge in [0, 0.05) is 37.3 Å². The molecular formula is C15H21N3O2. The summed E-state index contributed by atoms with van der Waals surface area (Å²) in [5, 5.41) is 2.80. The fourth-order valence-electron chi connectivity index (χ4n) is 2.38. The molecule has 5 nitrogen and oxygen atoms in total. The number of amides is 2. The minimum absolute atomic E-state index is 0.0745. The van der Waals surface area contributed by atoms with Crippen LogP contribution < -0.4 is 11.1 Å². The van der Waals surface area contributed by atoms with Crippen molar-refractivity contribution in [2.24, 2.45) is 5.73 Å². The monoisotopic (exact) mass is 275 g/mol. The largest absolute Gasteiger partial charge is 0.339 e. The molecule has 1 fully saturated rings. The number of hydrogen-bond donors (Lipinski definition) is 2. The molecule has 2 amide bonds. The Bertz CT molecular complexity index is 508. The van der Waals surface area contributed by atoms with Crippen LogP contribution in [0.2, 0.25) is 0 Å². The molecule has 2 rings (SSSR count). The van der Waals surface area contributed by atoms with Gasteiger partial charge in [-0.2, -0.15) is 0 Å². The van der Waals surface area contributed by atoms with Crippen molar-refractivity contribution in [3.05, 3.63) is 29.3 Å². The van der Waals surface area contributed by atoms with Crippen LogP contribution in [-0.2, 0) is 4.79 Å². The van der Waals surface area contributed by atoms with Gasteiger partial charge in [-0.3, -0.25) is 9.59 Å². The number of anilines is 1. The number of carbonyl (C=O) groups excluding carboxylic acids is 2. The molecule has 0 spiro atoms. The molecule has 0 aromatic heterocycles. The molecule has 1 saturated heterocycles. The van der Waals surface area contributed by atoms with E-state index in [9.17, 15) is 9.59 Å². The first kappa shape index (κ1) is 14.5. The van der Waals surface area contributed by atoms with Crippen molar-refractivity contribution in [3.63, 3.8) is 0 Å². The summed E-state index contributed by atoms with van der Waals surface area (Å²) >= 11 is 0. The molecule has 0 saturated carbocycles. The number of aryl methyl sites for hydroxylation is 1. The van der Waals surface area contributed by atoms with Crippen LogP contribution in [0.15, 0.2) is 18.2 Å². The lowest BCUT2D eigenvalue weighted by atomic mass is 10.1. The molecule has 1 aromatic rings. The summed E-state index contributed by atoms with van der Waals surface area (Å²) in [4.78, 5) is 25.7. The van der Waals surface area contributed by atoms with Gasteiger partial charge < -0.3 is 16.0 Å². The van der Waals surface area contributed by atoms with Crippen LogP contribution in [0, 0.1) is 6.92 Å². The molecule has 0 aliphatic carbocycles. The molecule has 108 valence electrons. The fraction of sp³-hybridized carbons (Fsp3) is 0.467. The average molecular weight is 275 g/mol. The molecule has 0 atom stereocenters. The van der Waals surface area contributed by atoms with E-state index in [-0.39, 0.29) is 11.8 Å². The summed E-state index contributed by atoms with van der Waals surface area (Å²) in [5.74, 6) is -0.0281. The minimum Gasteiger partial charge on any atom is -0.339 e. The highest BCUT2D eigenvalue weighted by Gasteiger charge is 2.19. The zero-order chi connectivity index (χ0) is 14.5. The van der Waals surface area contributed by atoms with Crippen LogP contribution in [0.3, 0.4) is 0 Å². The summed E-state index contributed by atoms with van der Waals surface area (Å²) < 4.78 is 0. The molecule has 1 aliphatic rings. The Labute approximate surface area is 119 Å². The Morgan fingerprint density at radius 3 is 2.60 bits per heavy atom. The lowest BCUT2D eigenvalue weighted by molar-refractivity contribution is -0.116. The Morgan fingerprint density at radius 1 is 1.30 bits per heavy atom. The topological polar surface area (TPSA) is 75.4 Å². The van der Waals surface area contributed by atoms with Gasteiger partial charge in [0.05, 0.1) is 0 Å². The Balaban J connectivity index is 2.08. The van der Waals surface area contributed by atoms with E-state index in [0.29, 0.717) is 18.5 Å². The molecule has 20 heavy (non-hydrogen) atoms. The van der Waals surface area contributed by atoms with Gasteiger partial charge in [-0.1, -0.05) is 0 Å². The number of nitrogens with zero attached hydrogens (tertiary/aromatic N) is 1. The number of nitrogens with one attached hydrogen (secondary N) is 1. The van der Waals surface area contributed by atoms with Crippen LogP contribution in [0.25, 0.3) is 0 Å². The van der Waals surface area contributed by atoms with Crippen molar-refractivity contribution in [3.8, 4) is 0 Å². The quantitative estimate of drug-likeness (QED) is 0.874. The van der Waals surface area contributed by atoms with E-state index in [1.165, 1.54) is 0 Å². The van der Waals surface area contributed by atoms with Crippen LogP contribution >= 0.6 is 0 Å². The van der Waals surface area contributed by atoms with Gasteiger partial charge in [0.25, 0.3) is 5.91 Å². The van der Waals surface area contributed by atoms with Crippen molar-refractivity contribution in [1.82, 2.24) is 4.90 Å². The Kier molecular flexibility index (Phi) is 4.74. The fourth-order valence-corrected chi connectivity index (χ4v) is 2.38. The number of carbonyl (C=O) groups is 2. The van der Waals surface area contributed by atoms with Crippen LogP contribution in [0.5, 0.6) is 0 Å². The van der Waals surface area contributed by atoms with Gasteiger partial charge in [0.15, 0.2) is 0 Å². The zero-order valence-corrected chi connectivity index (χ0v) is 11.8. The van der Waals surface area contributed by atoms with Gasteiger partial charge in [0.2, 0.25) is 5.91 Å². The first-order valence-corrected chi connectivity index (χ1v) is 7.01. The standard InChI is InChI=1S/C15H21N3O2/c1-11-10-12(15(20)18-8-2-3-9-18)4-5-13(11)17-14(19)6-7-16/h4-5,10H,2-3,6-9,16H2,1H3,(H,17,19). The van der Waals surface area contributed by atoms with Gasteiger partial charge in [0.1, 0.15) is 0 Å². The second kappa shape index (κ2) is 6.52. The maximum atomic E-state index is 12.3. The first-order chi connectivity index (χ1) is 9.61. The first-order valence-electron chi connectivity index (χ1n) is 7.01. The number of rotatable bonds is 4. The third-order valence-electron chi connectivity index (χ3n) is 3.51. The number of likely N-dealkylation sites (tertiary alicyclic amines) is 1. The van der Waals surface area contributed by atoms with E-state index in [1.54, 1.807) is 12.1 Å². The zero-order valence-electron chi connectivity index (χ0n) is 11.8. The normalized spacial score (nSPS) is 14.4. The maximum absolute atomic E-state index is 12.3. The van der Waals surface area contributed by atoms with Crippen LogP contribution in [0.1, 0.15) is 35.2 Å². The molecule has 3 N–H and O–H groups in total. The number of nitrogens with two attached hydrogens (primary N) is 1. The minimum atomic E-state index is -0.103. The SMILES string of the molecule is Cc1cc(C(=O)N2CCCC2)ccc1NC(=O)CCN. The van der Waals surface area contributed by atoms with Crippen LogP contribution in [0.4, 0.5) is 5.69 Å². The molecule has 0 bridgehead atoms. The molecular weight excluding hydrogens is 254 g/mol. The van der Waals surface area contributed by atoms with E-state index in [0.717, 1.165) is 37.2 Å². The summed E-state index contributed by atoms with van der Waals surface area (Å²) in [6, 6.07) is 5.39. The predicted octanol–water partition coefficient (Wildman–Crippen LogP) is 1.52. The second-order valence-corrected chi connectivity index (χ2v) is 5.12. The summed E-state index contributed by atoms with van der Waals surface area (Å²) in [7, 11) is 0. The highest BCUT2D eigenvalue weighted by Crippen LogP contribution is 2.19. The van der Waals surface area contributed by atoms with E-state index < -0.39 is 0 Å². The lowest BCUT2D eigenvalue weighted by Gasteiger charge is -2.16. The van der Waals surface area contributed by atoms with Crippen molar-refractivity contribution in [2.45, 2.75) is 26.2 Å². The molecule has 1 heterocycles. The summed E-state index contributed by atoms with van der Waals surface area (Å²) in [6.45, 7) is 3.90. The highest BCUT2D eigenvalue weighted by atomic mass is 16.2. The summed E-state index contributed by atoms with van der Waals surface area (Å²) in [6.07, 6.45) is 2.46. The average Bonchev–Trinajstić information content (AvgIpc) is 2.94. The van der Waals surface area contributed by atoms with Crippen molar-refractivity contribution >= 4 is 17.5 Å². The van der Waals surface area contributed by atoms with E-state index in [2.05, 4.69) is 5.32 Å². The smallest absolute Gasteiger partial charge is 0.253 e. The molecule has 0 unspecified atom stereocenters. The Hall–Kier alpha value is -1.88. The molecule has 0 radical (unpaired) electrons. The number of hydrogen-bond acceptors (Lipinski definition) is 3. The van der Waals surface area contributed by atoms with E-state index >= 15 is 0 Å². The Morgan fingerprint density at radius 2 is 2.00 bits per heavy atom. The van der Waals surface area contributed by atoms with Crippen molar-refractivity contribution < 1.29 is 9.59 Å². The van der Waals surface area contributed by atoms with Crippen molar-refractivity contribution in [1.29, 1.82) is 0 Å². The lowest BCUT2D eigenvalue weighted by Crippen LogP contribution is -2.27.